The van der Waals surface area contributed by atoms with E-state index in [-0.39, 0.29) is 0 Å². The van der Waals surface area contributed by atoms with Crippen LogP contribution in [0.1, 0.15) is 32.1 Å². The van der Waals surface area contributed by atoms with Gasteiger partial charge in [0.1, 0.15) is 0 Å². The van der Waals surface area contributed by atoms with E-state index in [1.54, 1.807) is 10.8 Å². The fourth-order valence-electron chi connectivity index (χ4n) is 1.29. The first-order valence-corrected chi connectivity index (χ1v) is 9.32. The molecular weight excluding hydrogens is 263 g/mol. The molecule has 0 unspecified atom stereocenters. The largest absolute Gasteiger partial charge is 0.481 e. The van der Waals surface area contributed by atoms with Crippen molar-refractivity contribution in [1.82, 2.24) is 0 Å². The molecule has 1 aliphatic carbocycles. The fraction of sp³-hybridized carbons (Fsp3) is 1.00. The fourth-order valence-corrected chi connectivity index (χ4v) is 6.27. The maximum Gasteiger partial charge on any atom is 0.481 e. The molecular formula is C6H13O4PS3. The van der Waals surface area contributed by atoms with Gasteiger partial charge in [-0.2, -0.15) is 0 Å². The molecule has 0 heterocycles. The average Bonchev–Trinajstić information content (AvgIpc) is 2.13. The monoisotopic (exact) mass is 276 g/mol. The number of hydrogen-bond donors (Lipinski definition) is 2. The minimum absolute atomic E-state index is 0.613. The maximum atomic E-state index is 10.3. The van der Waals surface area contributed by atoms with E-state index >= 15 is 0 Å². The van der Waals surface area contributed by atoms with Crippen molar-refractivity contribution in [3.05, 3.63) is 0 Å². The van der Waals surface area contributed by atoms with Crippen molar-refractivity contribution in [3.63, 3.8) is 0 Å². The molecule has 0 saturated heterocycles. The molecule has 0 amide bonds. The maximum absolute atomic E-state index is 10.3. The van der Waals surface area contributed by atoms with Gasteiger partial charge in [0.15, 0.2) is 0 Å². The Balaban J connectivity index is 2.00. The summed E-state index contributed by atoms with van der Waals surface area (Å²) < 4.78 is 14.6. The van der Waals surface area contributed by atoms with Crippen molar-refractivity contribution in [3.8, 4) is 0 Å². The lowest BCUT2D eigenvalue weighted by atomic mass is 10.0. The van der Waals surface area contributed by atoms with E-state index in [4.69, 9.17) is 9.79 Å². The van der Waals surface area contributed by atoms with Crippen molar-refractivity contribution in [2.45, 2.75) is 37.4 Å². The first kappa shape index (κ1) is 13.2. The summed E-state index contributed by atoms with van der Waals surface area (Å²) in [5, 5.41) is 0.613. The molecule has 1 aliphatic rings. The van der Waals surface area contributed by atoms with Gasteiger partial charge in [0.25, 0.3) is 0 Å². The van der Waals surface area contributed by atoms with Crippen molar-refractivity contribution >= 4 is 39.5 Å². The Morgan fingerprint density at radius 1 is 1.21 bits per heavy atom. The van der Waals surface area contributed by atoms with Crippen LogP contribution in [0.25, 0.3) is 0 Å². The molecule has 0 radical (unpaired) electrons. The van der Waals surface area contributed by atoms with E-state index in [0.717, 1.165) is 11.1 Å². The lowest BCUT2D eigenvalue weighted by Gasteiger charge is -2.19. The predicted octanol–water partition coefficient (Wildman–Crippen LogP) is 3.37. The van der Waals surface area contributed by atoms with Crippen LogP contribution < -0.4 is 0 Å². The van der Waals surface area contributed by atoms with Crippen LogP contribution in [0.15, 0.2) is 0 Å². The predicted molar refractivity (Wildman–Crippen MR) is 62.8 cm³/mol. The second-order valence-electron chi connectivity index (χ2n) is 3.06. The van der Waals surface area contributed by atoms with Crippen LogP contribution in [0.3, 0.4) is 0 Å². The van der Waals surface area contributed by atoms with Gasteiger partial charge in [-0.05, 0) is 12.8 Å². The second-order valence-corrected chi connectivity index (χ2v) is 8.38. The van der Waals surface area contributed by atoms with Gasteiger partial charge in [-0.3, -0.25) is 0 Å². The standard InChI is InChI=1S/C6H13O4PS3/c7-11(8,9)10-13-14-12-6-4-2-1-3-5-6/h6H,1-5H2,(H2,7,8,9). The highest BCUT2D eigenvalue weighted by Gasteiger charge is 2.17. The zero-order chi connectivity index (χ0) is 10.4. The van der Waals surface area contributed by atoms with Crippen LogP contribution in [-0.2, 0) is 8.54 Å². The summed E-state index contributed by atoms with van der Waals surface area (Å²) in [5.41, 5.74) is 0. The van der Waals surface area contributed by atoms with Crippen molar-refractivity contribution < 1.29 is 18.3 Å². The zero-order valence-corrected chi connectivity index (χ0v) is 10.8. The topological polar surface area (TPSA) is 66.8 Å². The van der Waals surface area contributed by atoms with Crippen LogP contribution in [0.4, 0.5) is 0 Å². The van der Waals surface area contributed by atoms with Crippen LogP contribution >= 0.6 is 39.5 Å². The highest BCUT2D eigenvalue weighted by molar-refractivity contribution is 9.08. The van der Waals surface area contributed by atoms with E-state index in [2.05, 4.69) is 3.97 Å². The number of rotatable bonds is 5. The highest BCUT2D eigenvalue weighted by atomic mass is 33.5. The Hall–Kier alpha value is 1.16. The first-order valence-electron chi connectivity index (χ1n) is 4.32. The average molecular weight is 276 g/mol. The minimum Gasteiger partial charge on any atom is -0.302 e. The summed E-state index contributed by atoms with van der Waals surface area (Å²) in [4.78, 5) is 16.8. The Bertz CT molecular complexity index is 203. The summed E-state index contributed by atoms with van der Waals surface area (Å²) in [6, 6.07) is 0. The summed E-state index contributed by atoms with van der Waals surface area (Å²) in [5.74, 6) is 0. The highest BCUT2D eigenvalue weighted by Crippen LogP contribution is 2.50. The molecule has 8 heteroatoms. The molecule has 0 spiro atoms. The van der Waals surface area contributed by atoms with E-state index in [9.17, 15) is 4.57 Å². The Labute approximate surface area is 95.2 Å². The summed E-state index contributed by atoms with van der Waals surface area (Å²) in [6.07, 6.45) is 6.25. The smallest absolute Gasteiger partial charge is 0.302 e. The SMILES string of the molecule is O=P(O)(O)OSSSC1CCCCC1. The van der Waals surface area contributed by atoms with Crippen LogP contribution in [0, 0.1) is 0 Å². The Kier molecular flexibility index (Phi) is 6.31. The molecule has 0 aromatic heterocycles. The third-order valence-corrected chi connectivity index (χ3v) is 6.75. The van der Waals surface area contributed by atoms with Crippen LogP contribution in [0.5, 0.6) is 0 Å². The molecule has 4 nitrogen and oxygen atoms in total. The molecule has 1 rings (SSSR count). The van der Waals surface area contributed by atoms with Crippen molar-refractivity contribution in [2.24, 2.45) is 0 Å². The zero-order valence-electron chi connectivity index (χ0n) is 7.50. The first-order chi connectivity index (χ1) is 6.58. The van der Waals surface area contributed by atoms with Crippen LogP contribution in [-0.4, -0.2) is 15.0 Å². The van der Waals surface area contributed by atoms with Crippen LogP contribution in [0.2, 0.25) is 0 Å². The third-order valence-electron chi connectivity index (χ3n) is 1.88. The van der Waals surface area contributed by atoms with E-state index in [0.29, 0.717) is 5.25 Å². The molecule has 0 atom stereocenters. The lowest BCUT2D eigenvalue weighted by molar-refractivity contribution is 0.300. The summed E-state index contributed by atoms with van der Waals surface area (Å²) >= 11 is 0.770. The van der Waals surface area contributed by atoms with Crippen molar-refractivity contribution in [1.29, 1.82) is 0 Å². The van der Waals surface area contributed by atoms with E-state index in [1.165, 1.54) is 41.9 Å². The van der Waals surface area contributed by atoms with E-state index in [1.807, 2.05) is 0 Å². The van der Waals surface area contributed by atoms with Gasteiger partial charge in [-0.25, -0.2) is 8.54 Å². The summed E-state index contributed by atoms with van der Waals surface area (Å²) in [7, 11) is -1.35. The molecule has 1 saturated carbocycles. The van der Waals surface area contributed by atoms with Gasteiger partial charge >= 0.3 is 7.82 Å². The van der Waals surface area contributed by atoms with Gasteiger partial charge in [-0.1, -0.05) is 30.1 Å². The summed E-state index contributed by atoms with van der Waals surface area (Å²) in [6.45, 7) is 0. The van der Waals surface area contributed by atoms with Gasteiger partial charge in [-0.15, -0.1) is 0 Å². The molecule has 0 aromatic rings. The normalized spacial score (nSPS) is 19.9. The van der Waals surface area contributed by atoms with Gasteiger partial charge in [0.05, 0.1) is 11.1 Å². The van der Waals surface area contributed by atoms with Gasteiger partial charge in [0.2, 0.25) is 0 Å². The molecule has 84 valence electrons. The van der Waals surface area contributed by atoms with Gasteiger partial charge in [0, 0.05) is 15.1 Å². The molecule has 1 fully saturated rings. The van der Waals surface area contributed by atoms with Gasteiger partial charge < -0.3 is 9.79 Å². The molecule has 0 aromatic carbocycles. The molecule has 0 bridgehead atoms. The quantitative estimate of drug-likeness (QED) is 0.345. The molecule has 0 aliphatic heterocycles. The Morgan fingerprint density at radius 2 is 1.86 bits per heavy atom. The number of phosphoric acid groups is 1. The van der Waals surface area contributed by atoms with Crippen molar-refractivity contribution in [2.75, 3.05) is 0 Å². The minimum atomic E-state index is -4.31. The lowest BCUT2D eigenvalue weighted by Crippen LogP contribution is -2.05. The van der Waals surface area contributed by atoms with E-state index < -0.39 is 7.82 Å². The Morgan fingerprint density at radius 3 is 2.43 bits per heavy atom. The molecule has 14 heavy (non-hydrogen) atoms. The molecule has 2 N–H and O–H groups in total. The number of hydrogen-bond acceptors (Lipinski definition) is 5. The third kappa shape index (κ3) is 6.61. The second kappa shape index (κ2) is 6.68.